The van der Waals surface area contributed by atoms with Gasteiger partial charge in [0.15, 0.2) is 5.82 Å². The molecule has 21 heavy (non-hydrogen) atoms. The number of ether oxygens (including phenoxy) is 1. The van der Waals surface area contributed by atoms with Gasteiger partial charge in [0.1, 0.15) is 17.5 Å². The Morgan fingerprint density at radius 1 is 1.10 bits per heavy atom. The van der Waals surface area contributed by atoms with Crippen LogP contribution in [0.25, 0.3) is 0 Å². The maximum Gasteiger partial charge on any atom is 0.167 e. The molecule has 2 rings (SSSR count). The van der Waals surface area contributed by atoms with Gasteiger partial charge in [-0.2, -0.15) is 0 Å². The second kappa shape index (κ2) is 6.02. The second-order valence-corrected chi connectivity index (χ2v) is 6.67. The number of hydrogen-bond acceptors (Lipinski definition) is 3. The molecule has 0 aliphatic rings. The van der Waals surface area contributed by atoms with E-state index in [0.29, 0.717) is 17.6 Å². The summed E-state index contributed by atoms with van der Waals surface area (Å²) in [6.45, 7) is 10.8. The van der Waals surface area contributed by atoms with Gasteiger partial charge in [-0.15, -0.1) is 0 Å². The van der Waals surface area contributed by atoms with Gasteiger partial charge in [-0.05, 0) is 42.5 Å². The molecule has 0 bridgehead atoms. The number of aryl methyl sites for hydroxylation is 2. The first-order valence-corrected chi connectivity index (χ1v) is 7.37. The Kier molecular flexibility index (Phi) is 4.52. The lowest BCUT2D eigenvalue weighted by Crippen LogP contribution is -2.14. The van der Waals surface area contributed by atoms with E-state index in [4.69, 9.17) is 16.3 Å². The summed E-state index contributed by atoms with van der Waals surface area (Å²) in [4.78, 5) is 8.54. The van der Waals surface area contributed by atoms with E-state index >= 15 is 0 Å². The van der Waals surface area contributed by atoms with Crippen molar-refractivity contribution in [3.63, 3.8) is 0 Å². The fourth-order valence-corrected chi connectivity index (χ4v) is 2.42. The van der Waals surface area contributed by atoms with Crippen LogP contribution < -0.4 is 4.74 Å². The molecule has 0 fully saturated rings. The Balaban J connectivity index is 2.25. The molecule has 0 atom stereocenters. The van der Waals surface area contributed by atoms with Crippen molar-refractivity contribution in [2.75, 3.05) is 0 Å². The van der Waals surface area contributed by atoms with Gasteiger partial charge in [0.25, 0.3) is 0 Å². The second-order valence-electron chi connectivity index (χ2n) is 6.29. The van der Waals surface area contributed by atoms with E-state index in [1.54, 1.807) is 6.07 Å². The van der Waals surface area contributed by atoms with Gasteiger partial charge < -0.3 is 4.74 Å². The van der Waals surface area contributed by atoms with Crippen LogP contribution in [0.3, 0.4) is 0 Å². The minimum Gasteiger partial charge on any atom is -0.485 e. The molecule has 0 spiro atoms. The monoisotopic (exact) mass is 304 g/mol. The molecule has 0 saturated heterocycles. The van der Waals surface area contributed by atoms with Crippen LogP contribution >= 0.6 is 11.6 Å². The quantitative estimate of drug-likeness (QED) is 0.776. The predicted octanol–water partition coefficient (Wildman–Crippen LogP) is 4.62. The van der Waals surface area contributed by atoms with Crippen molar-refractivity contribution in [3.8, 4) is 5.75 Å². The SMILES string of the molecule is Cc1ccc(C(C)(C)C)c(OCc2nc(C)cc(Cl)n2)c1. The summed E-state index contributed by atoms with van der Waals surface area (Å²) in [7, 11) is 0. The van der Waals surface area contributed by atoms with Crippen molar-refractivity contribution in [3.05, 3.63) is 52.1 Å². The van der Waals surface area contributed by atoms with Crippen molar-refractivity contribution < 1.29 is 4.74 Å². The highest BCUT2D eigenvalue weighted by atomic mass is 35.5. The third-order valence-electron chi connectivity index (χ3n) is 3.17. The number of nitrogens with zero attached hydrogens (tertiary/aromatic N) is 2. The normalized spacial score (nSPS) is 11.5. The van der Waals surface area contributed by atoms with Crippen LogP contribution in [-0.4, -0.2) is 9.97 Å². The average molecular weight is 305 g/mol. The first-order chi connectivity index (χ1) is 9.75. The topological polar surface area (TPSA) is 35.0 Å². The molecular formula is C17H21ClN2O. The lowest BCUT2D eigenvalue weighted by molar-refractivity contribution is 0.287. The van der Waals surface area contributed by atoms with Crippen molar-refractivity contribution >= 4 is 11.6 Å². The molecule has 1 heterocycles. The summed E-state index contributed by atoms with van der Waals surface area (Å²) < 4.78 is 5.96. The summed E-state index contributed by atoms with van der Waals surface area (Å²) in [5.41, 5.74) is 3.20. The Morgan fingerprint density at radius 2 is 1.81 bits per heavy atom. The van der Waals surface area contributed by atoms with E-state index in [2.05, 4.69) is 55.9 Å². The molecule has 0 amide bonds. The Morgan fingerprint density at radius 3 is 2.43 bits per heavy atom. The van der Waals surface area contributed by atoms with Crippen molar-refractivity contribution in [1.82, 2.24) is 9.97 Å². The zero-order valence-electron chi connectivity index (χ0n) is 13.2. The van der Waals surface area contributed by atoms with E-state index < -0.39 is 0 Å². The third kappa shape index (κ3) is 4.18. The molecule has 0 saturated carbocycles. The van der Waals surface area contributed by atoms with Crippen LogP contribution in [0.2, 0.25) is 5.15 Å². The zero-order chi connectivity index (χ0) is 15.6. The lowest BCUT2D eigenvalue weighted by atomic mass is 9.86. The molecule has 1 aromatic carbocycles. The van der Waals surface area contributed by atoms with Gasteiger partial charge in [0.05, 0.1) is 0 Å². The molecule has 1 aromatic heterocycles. The first-order valence-electron chi connectivity index (χ1n) is 7.00. The average Bonchev–Trinajstić information content (AvgIpc) is 2.33. The number of benzene rings is 1. The number of hydrogen-bond donors (Lipinski definition) is 0. The lowest BCUT2D eigenvalue weighted by Gasteiger charge is -2.23. The number of aromatic nitrogens is 2. The van der Waals surface area contributed by atoms with E-state index in [1.807, 2.05) is 6.92 Å². The highest BCUT2D eigenvalue weighted by Gasteiger charge is 2.19. The van der Waals surface area contributed by atoms with Crippen LogP contribution in [0.1, 0.15) is 43.4 Å². The largest absolute Gasteiger partial charge is 0.485 e. The summed E-state index contributed by atoms with van der Waals surface area (Å²) in [5, 5.41) is 0.446. The predicted molar refractivity (Wildman–Crippen MR) is 86.0 cm³/mol. The van der Waals surface area contributed by atoms with Gasteiger partial charge in [0, 0.05) is 5.69 Å². The Hall–Kier alpha value is -1.61. The summed E-state index contributed by atoms with van der Waals surface area (Å²) in [5.74, 6) is 1.48. The van der Waals surface area contributed by atoms with Crippen LogP contribution in [0.15, 0.2) is 24.3 Å². The molecule has 112 valence electrons. The molecular weight excluding hydrogens is 284 g/mol. The molecule has 3 nitrogen and oxygen atoms in total. The van der Waals surface area contributed by atoms with Crippen LogP contribution in [0, 0.1) is 13.8 Å². The van der Waals surface area contributed by atoms with Gasteiger partial charge in [-0.25, -0.2) is 9.97 Å². The van der Waals surface area contributed by atoms with E-state index in [-0.39, 0.29) is 5.41 Å². The van der Waals surface area contributed by atoms with Crippen molar-refractivity contribution in [1.29, 1.82) is 0 Å². The molecule has 4 heteroatoms. The molecule has 0 aliphatic heterocycles. The van der Waals surface area contributed by atoms with Crippen molar-refractivity contribution in [2.45, 2.75) is 46.6 Å². The van der Waals surface area contributed by atoms with E-state index in [9.17, 15) is 0 Å². The Bertz CT molecular complexity index is 627. The number of rotatable bonds is 3. The maximum absolute atomic E-state index is 5.96. The molecule has 0 N–H and O–H groups in total. The minimum absolute atomic E-state index is 0.0220. The zero-order valence-corrected chi connectivity index (χ0v) is 14.0. The van der Waals surface area contributed by atoms with Gasteiger partial charge in [0.2, 0.25) is 0 Å². The van der Waals surface area contributed by atoms with Crippen LogP contribution in [0.5, 0.6) is 5.75 Å². The van der Waals surface area contributed by atoms with Crippen LogP contribution in [0.4, 0.5) is 0 Å². The highest BCUT2D eigenvalue weighted by Crippen LogP contribution is 2.32. The van der Waals surface area contributed by atoms with Crippen molar-refractivity contribution in [2.24, 2.45) is 0 Å². The van der Waals surface area contributed by atoms with Gasteiger partial charge >= 0.3 is 0 Å². The van der Waals surface area contributed by atoms with Gasteiger partial charge in [-0.1, -0.05) is 44.5 Å². The highest BCUT2D eigenvalue weighted by molar-refractivity contribution is 6.29. The number of halogens is 1. The third-order valence-corrected chi connectivity index (χ3v) is 3.36. The maximum atomic E-state index is 5.96. The molecule has 0 aliphatic carbocycles. The standard InChI is InChI=1S/C17H21ClN2O/c1-11-6-7-13(17(3,4)5)14(8-11)21-10-16-19-12(2)9-15(18)20-16/h6-9H,10H2,1-5H3. The smallest absolute Gasteiger partial charge is 0.167 e. The summed E-state index contributed by atoms with van der Waals surface area (Å²) in [6, 6.07) is 8.01. The first kappa shape index (κ1) is 15.8. The summed E-state index contributed by atoms with van der Waals surface area (Å²) >= 11 is 5.95. The Labute approximate surface area is 131 Å². The van der Waals surface area contributed by atoms with Gasteiger partial charge in [-0.3, -0.25) is 0 Å². The van der Waals surface area contributed by atoms with Crippen LogP contribution in [-0.2, 0) is 12.0 Å². The summed E-state index contributed by atoms with van der Waals surface area (Å²) in [6.07, 6.45) is 0. The molecule has 0 radical (unpaired) electrons. The fraction of sp³-hybridized carbons (Fsp3) is 0.412. The fourth-order valence-electron chi connectivity index (χ4n) is 2.16. The van der Waals surface area contributed by atoms with E-state index in [1.165, 1.54) is 11.1 Å². The van der Waals surface area contributed by atoms with E-state index in [0.717, 1.165) is 11.4 Å². The molecule has 0 unspecified atom stereocenters. The minimum atomic E-state index is 0.0220. The molecule has 2 aromatic rings.